The van der Waals surface area contributed by atoms with Gasteiger partial charge in [-0.05, 0) is 29.8 Å². The van der Waals surface area contributed by atoms with Crippen LogP contribution >= 0.6 is 35.0 Å². The van der Waals surface area contributed by atoms with Gasteiger partial charge in [-0.15, -0.1) is 0 Å². The Hall–Kier alpha value is -1.41. The van der Waals surface area contributed by atoms with Gasteiger partial charge < -0.3 is 5.32 Å². The van der Waals surface area contributed by atoms with Crippen molar-refractivity contribution in [1.82, 2.24) is 5.32 Å². The second kappa shape index (κ2) is 10.2. The van der Waals surface area contributed by atoms with Crippen molar-refractivity contribution in [2.45, 2.75) is 5.75 Å². The lowest BCUT2D eigenvalue weighted by Crippen LogP contribution is -2.41. The van der Waals surface area contributed by atoms with E-state index in [2.05, 4.69) is 5.32 Å². The highest BCUT2D eigenvalue weighted by atomic mass is 35.5. The Bertz CT molecular complexity index is 877. The van der Waals surface area contributed by atoms with Crippen LogP contribution in [0.5, 0.6) is 0 Å². The standard InChI is InChI=1S/C18H20Cl2N2O3S2/c1-27(24,25)22(16-5-3-2-4-6-16)12-18(23)21-9-10-26-13-14-7-8-15(19)11-17(14)20/h2-8,11H,9-10,12-13H2,1H3,(H,21,23). The van der Waals surface area contributed by atoms with Crippen molar-refractivity contribution in [3.05, 3.63) is 64.1 Å². The Labute approximate surface area is 174 Å². The van der Waals surface area contributed by atoms with Crippen LogP contribution in [0.15, 0.2) is 48.5 Å². The Balaban J connectivity index is 1.79. The normalized spacial score (nSPS) is 11.2. The van der Waals surface area contributed by atoms with Crippen LogP contribution in [-0.4, -0.2) is 39.4 Å². The molecule has 2 aromatic rings. The summed E-state index contributed by atoms with van der Waals surface area (Å²) in [4.78, 5) is 12.1. The predicted molar refractivity (Wildman–Crippen MR) is 114 cm³/mol. The summed E-state index contributed by atoms with van der Waals surface area (Å²) in [6, 6.07) is 13.9. The molecule has 0 bridgehead atoms. The predicted octanol–water partition coefficient (Wildman–Crippen LogP) is 3.81. The SMILES string of the molecule is CS(=O)(=O)N(CC(=O)NCCSCc1ccc(Cl)cc1Cl)c1ccccc1. The van der Waals surface area contributed by atoms with E-state index in [-0.39, 0.29) is 12.5 Å². The van der Waals surface area contributed by atoms with Crippen molar-refractivity contribution in [1.29, 1.82) is 0 Å². The third-order valence-electron chi connectivity index (χ3n) is 3.57. The molecule has 5 nitrogen and oxygen atoms in total. The molecule has 0 fully saturated rings. The summed E-state index contributed by atoms with van der Waals surface area (Å²) in [7, 11) is -3.55. The lowest BCUT2D eigenvalue weighted by molar-refractivity contribution is -0.119. The Morgan fingerprint density at radius 1 is 1.15 bits per heavy atom. The van der Waals surface area contributed by atoms with Gasteiger partial charge in [0.25, 0.3) is 0 Å². The van der Waals surface area contributed by atoms with Gasteiger partial charge in [0.05, 0.1) is 11.9 Å². The molecular formula is C18H20Cl2N2O3S2. The average molecular weight is 447 g/mol. The van der Waals surface area contributed by atoms with Gasteiger partial charge in [0, 0.05) is 28.1 Å². The second-order valence-corrected chi connectivity index (χ2v) is 9.60. The number of benzene rings is 2. The lowest BCUT2D eigenvalue weighted by Gasteiger charge is -2.21. The van der Waals surface area contributed by atoms with E-state index in [1.165, 1.54) is 0 Å². The van der Waals surface area contributed by atoms with E-state index < -0.39 is 10.0 Å². The number of nitrogens with zero attached hydrogens (tertiary/aromatic N) is 1. The number of para-hydroxylation sites is 1. The molecule has 0 aliphatic heterocycles. The maximum Gasteiger partial charge on any atom is 0.240 e. The van der Waals surface area contributed by atoms with E-state index in [1.54, 1.807) is 54.2 Å². The zero-order chi connectivity index (χ0) is 19.9. The number of amides is 1. The summed E-state index contributed by atoms with van der Waals surface area (Å²) in [6.45, 7) is 0.178. The molecule has 0 aliphatic rings. The number of rotatable bonds is 9. The largest absolute Gasteiger partial charge is 0.354 e. The highest BCUT2D eigenvalue weighted by Gasteiger charge is 2.20. The molecule has 0 saturated heterocycles. The summed E-state index contributed by atoms with van der Waals surface area (Å²) < 4.78 is 25.0. The van der Waals surface area contributed by atoms with Gasteiger partial charge in [-0.1, -0.05) is 47.5 Å². The van der Waals surface area contributed by atoms with Gasteiger partial charge in [0.2, 0.25) is 15.9 Å². The molecule has 146 valence electrons. The van der Waals surface area contributed by atoms with Crippen LogP contribution in [-0.2, 0) is 20.6 Å². The quantitative estimate of drug-likeness (QED) is 0.594. The maximum absolute atomic E-state index is 12.1. The molecule has 0 saturated carbocycles. The molecule has 2 rings (SSSR count). The molecule has 1 N–H and O–H groups in total. The fourth-order valence-corrected chi connectivity index (χ4v) is 4.54. The van der Waals surface area contributed by atoms with Crippen LogP contribution in [0.3, 0.4) is 0 Å². The first-order chi connectivity index (χ1) is 12.8. The summed E-state index contributed by atoms with van der Waals surface area (Å²) >= 11 is 13.6. The van der Waals surface area contributed by atoms with Gasteiger partial charge >= 0.3 is 0 Å². The van der Waals surface area contributed by atoms with Gasteiger partial charge in [-0.25, -0.2) is 8.42 Å². The van der Waals surface area contributed by atoms with Gasteiger partial charge in [0.1, 0.15) is 6.54 Å². The number of hydrogen-bond donors (Lipinski definition) is 1. The second-order valence-electron chi connectivity index (χ2n) is 5.74. The average Bonchev–Trinajstić information content (AvgIpc) is 2.61. The highest BCUT2D eigenvalue weighted by molar-refractivity contribution is 7.98. The molecule has 2 aromatic carbocycles. The monoisotopic (exact) mass is 446 g/mol. The molecule has 0 heterocycles. The van der Waals surface area contributed by atoms with E-state index >= 15 is 0 Å². The molecule has 1 amide bonds. The van der Waals surface area contributed by atoms with Crippen LogP contribution in [0.2, 0.25) is 10.0 Å². The van der Waals surface area contributed by atoms with Crippen molar-refractivity contribution in [3.8, 4) is 0 Å². The number of carbonyl (C=O) groups excluding carboxylic acids is 1. The van der Waals surface area contributed by atoms with E-state index in [9.17, 15) is 13.2 Å². The summed E-state index contributed by atoms with van der Waals surface area (Å²) in [5.74, 6) is 1.02. The molecule has 0 spiro atoms. The Kier molecular flexibility index (Phi) is 8.28. The zero-order valence-corrected chi connectivity index (χ0v) is 17.8. The molecule has 0 aromatic heterocycles. The van der Waals surface area contributed by atoms with E-state index in [0.29, 0.717) is 33.8 Å². The van der Waals surface area contributed by atoms with Gasteiger partial charge in [-0.2, -0.15) is 11.8 Å². The fraction of sp³-hybridized carbons (Fsp3) is 0.278. The minimum absolute atomic E-state index is 0.253. The molecule has 0 unspecified atom stereocenters. The summed E-state index contributed by atoms with van der Waals surface area (Å²) in [6.07, 6.45) is 1.08. The summed E-state index contributed by atoms with van der Waals surface area (Å²) in [5, 5.41) is 3.95. The number of anilines is 1. The summed E-state index contributed by atoms with van der Waals surface area (Å²) in [5.41, 5.74) is 1.44. The molecular weight excluding hydrogens is 427 g/mol. The van der Waals surface area contributed by atoms with Gasteiger partial charge in [0.15, 0.2) is 0 Å². The third-order valence-corrected chi connectivity index (χ3v) is 6.31. The highest BCUT2D eigenvalue weighted by Crippen LogP contribution is 2.24. The first kappa shape index (κ1) is 21.9. The smallest absolute Gasteiger partial charge is 0.240 e. The minimum Gasteiger partial charge on any atom is -0.354 e. The van der Waals surface area contributed by atoms with Crippen LogP contribution in [0.25, 0.3) is 0 Å². The Morgan fingerprint density at radius 3 is 2.48 bits per heavy atom. The van der Waals surface area contributed by atoms with E-state index in [4.69, 9.17) is 23.2 Å². The molecule has 0 atom stereocenters. The molecule has 27 heavy (non-hydrogen) atoms. The van der Waals surface area contributed by atoms with Crippen molar-refractivity contribution >= 4 is 56.6 Å². The van der Waals surface area contributed by atoms with Crippen LogP contribution in [0.4, 0.5) is 5.69 Å². The van der Waals surface area contributed by atoms with Gasteiger partial charge in [-0.3, -0.25) is 9.10 Å². The van der Waals surface area contributed by atoms with E-state index in [1.807, 2.05) is 6.07 Å². The minimum atomic E-state index is -3.55. The number of halogens is 2. The van der Waals surface area contributed by atoms with Crippen LogP contribution in [0, 0.1) is 0 Å². The van der Waals surface area contributed by atoms with Crippen molar-refractivity contribution in [3.63, 3.8) is 0 Å². The topological polar surface area (TPSA) is 66.5 Å². The van der Waals surface area contributed by atoms with E-state index in [0.717, 1.165) is 16.1 Å². The van der Waals surface area contributed by atoms with Crippen LogP contribution in [0.1, 0.15) is 5.56 Å². The molecule has 0 aliphatic carbocycles. The molecule has 0 radical (unpaired) electrons. The number of nitrogens with one attached hydrogen (secondary N) is 1. The number of hydrogen-bond acceptors (Lipinski definition) is 4. The number of carbonyl (C=O) groups is 1. The number of sulfonamides is 1. The first-order valence-electron chi connectivity index (χ1n) is 8.08. The van der Waals surface area contributed by atoms with Crippen molar-refractivity contribution in [2.24, 2.45) is 0 Å². The van der Waals surface area contributed by atoms with Crippen molar-refractivity contribution in [2.75, 3.05) is 29.4 Å². The van der Waals surface area contributed by atoms with Crippen LogP contribution < -0.4 is 9.62 Å². The fourth-order valence-electron chi connectivity index (χ4n) is 2.26. The Morgan fingerprint density at radius 2 is 1.85 bits per heavy atom. The van der Waals surface area contributed by atoms with Crippen molar-refractivity contribution < 1.29 is 13.2 Å². The maximum atomic E-state index is 12.1. The number of thioether (sulfide) groups is 1. The third kappa shape index (κ3) is 7.25. The molecule has 9 heteroatoms. The zero-order valence-electron chi connectivity index (χ0n) is 14.7. The lowest BCUT2D eigenvalue weighted by atomic mass is 10.2. The first-order valence-corrected chi connectivity index (χ1v) is 11.8.